The molecule has 26 heavy (non-hydrogen) atoms. The van der Waals surface area contributed by atoms with Gasteiger partial charge in [-0.05, 0) is 24.6 Å². The Labute approximate surface area is 155 Å². The highest BCUT2D eigenvalue weighted by Gasteiger charge is 2.51. The highest BCUT2D eigenvalue weighted by Crippen LogP contribution is 2.34. The molecule has 0 radical (unpaired) electrons. The van der Waals surface area contributed by atoms with E-state index in [0.29, 0.717) is 30.0 Å². The lowest BCUT2D eigenvalue weighted by molar-refractivity contribution is -0.934. The summed E-state index contributed by atoms with van der Waals surface area (Å²) in [6.45, 7) is 4.27. The van der Waals surface area contributed by atoms with Crippen molar-refractivity contribution in [2.75, 3.05) is 20.3 Å². The summed E-state index contributed by atoms with van der Waals surface area (Å²) in [4.78, 5) is 1.61. The number of hydrogen-bond donors (Lipinski definition) is 2. The van der Waals surface area contributed by atoms with Crippen LogP contribution in [-0.2, 0) is 4.74 Å². The normalized spacial score (nSPS) is 47.8. The van der Waals surface area contributed by atoms with Crippen LogP contribution in [-0.4, -0.2) is 50.6 Å². The van der Waals surface area contributed by atoms with Crippen molar-refractivity contribution in [1.82, 2.24) is 5.32 Å². The highest BCUT2D eigenvalue weighted by atomic mass is 19.1. The van der Waals surface area contributed by atoms with E-state index in [2.05, 4.69) is 24.4 Å². The average Bonchev–Trinajstić information content (AvgIpc) is 3.16. The smallest absolute Gasteiger partial charge is 0.129 e. The number of methoxy groups -OCH3 is 1. The Morgan fingerprint density at radius 1 is 1.23 bits per heavy atom. The zero-order valence-corrected chi connectivity index (χ0v) is 15.7. The van der Waals surface area contributed by atoms with Crippen molar-refractivity contribution in [3.63, 3.8) is 0 Å². The quantitative estimate of drug-likeness (QED) is 0.745. The number of quaternary nitrogens is 1. The van der Waals surface area contributed by atoms with Crippen molar-refractivity contribution in [3.8, 4) is 0 Å². The van der Waals surface area contributed by atoms with Crippen molar-refractivity contribution < 1.29 is 18.4 Å². The fourth-order valence-electron chi connectivity index (χ4n) is 5.81. The Bertz CT molecular complexity index is 605. The molecule has 0 aromatic rings. The summed E-state index contributed by atoms with van der Waals surface area (Å²) in [5, 5.41) is 3.58. The predicted octanol–water partition coefficient (Wildman–Crippen LogP) is 1.98. The second-order valence-electron chi connectivity index (χ2n) is 8.58. The first-order valence-corrected chi connectivity index (χ1v) is 10.0. The second kappa shape index (κ2) is 7.53. The third-order valence-electron chi connectivity index (χ3n) is 6.97. The minimum Gasteiger partial charge on any atom is -0.384 e. The van der Waals surface area contributed by atoms with Gasteiger partial charge in [0.25, 0.3) is 0 Å². The Balaban J connectivity index is 1.45. The Morgan fingerprint density at radius 3 is 2.81 bits per heavy atom. The molecule has 2 aliphatic heterocycles. The lowest BCUT2D eigenvalue weighted by Gasteiger charge is -2.36. The second-order valence-corrected chi connectivity index (χ2v) is 8.58. The third-order valence-corrected chi connectivity index (χ3v) is 6.97. The summed E-state index contributed by atoms with van der Waals surface area (Å²) in [7, 11) is 1.76. The lowest BCUT2D eigenvalue weighted by atomic mass is 9.83. The van der Waals surface area contributed by atoms with Crippen molar-refractivity contribution in [2.24, 2.45) is 17.8 Å². The molecular formula is C21H31F2N2O+. The molecule has 0 saturated carbocycles. The molecular weight excluding hydrogens is 334 g/mol. The number of halogens is 2. The Kier molecular flexibility index (Phi) is 5.31. The zero-order chi connectivity index (χ0) is 18.3. The molecule has 9 atom stereocenters. The van der Waals surface area contributed by atoms with Crippen LogP contribution < -0.4 is 10.2 Å². The van der Waals surface area contributed by atoms with E-state index in [4.69, 9.17) is 4.74 Å². The van der Waals surface area contributed by atoms with Crippen molar-refractivity contribution in [2.45, 2.75) is 56.5 Å². The van der Waals surface area contributed by atoms with E-state index >= 15 is 0 Å². The van der Waals surface area contributed by atoms with Crippen LogP contribution in [0.1, 0.15) is 26.2 Å². The number of rotatable bonds is 4. The molecule has 0 spiro atoms. The van der Waals surface area contributed by atoms with E-state index < -0.39 is 12.1 Å². The maximum absolute atomic E-state index is 14.3. The maximum atomic E-state index is 14.3. The van der Waals surface area contributed by atoms with Crippen LogP contribution in [0.4, 0.5) is 8.78 Å². The predicted molar refractivity (Wildman–Crippen MR) is 98.4 cm³/mol. The molecule has 2 saturated heterocycles. The van der Waals surface area contributed by atoms with E-state index in [-0.39, 0.29) is 11.9 Å². The number of likely N-dealkylation sites (tertiary alicyclic amines) is 1. The fourth-order valence-corrected chi connectivity index (χ4v) is 5.81. The maximum Gasteiger partial charge on any atom is 0.129 e. The monoisotopic (exact) mass is 365 g/mol. The average molecular weight is 365 g/mol. The van der Waals surface area contributed by atoms with Gasteiger partial charge in [-0.15, -0.1) is 0 Å². The van der Waals surface area contributed by atoms with Crippen LogP contribution in [0, 0.1) is 17.8 Å². The molecule has 4 rings (SSSR count). The molecule has 3 nitrogen and oxygen atoms in total. The molecule has 5 heteroatoms. The highest BCUT2D eigenvalue weighted by molar-refractivity contribution is 5.23. The number of alkyl halides is 1. The van der Waals surface area contributed by atoms with Gasteiger partial charge in [-0.3, -0.25) is 0 Å². The summed E-state index contributed by atoms with van der Waals surface area (Å²) >= 11 is 0. The molecule has 144 valence electrons. The van der Waals surface area contributed by atoms with Crippen LogP contribution >= 0.6 is 0 Å². The van der Waals surface area contributed by atoms with Gasteiger partial charge in [0.1, 0.15) is 24.1 Å². The number of hydrogen-bond acceptors (Lipinski definition) is 2. The molecule has 9 unspecified atom stereocenters. The zero-order valence-electron chi connectivity index (χ0n) is 15.7. The number of fused-ring (bicyclic) bond motifs is 1. The summed E-state index contributed by atoms with van der Waals surface area (Å²) in [5.41, 5.74) is 0. The third kappa shape index (κ3) is 3.30. The van der Waals surface area contributed by atoms with Crippen molar-refractivity contribution in [1.29, 1.82) is 0 Å². The van der Waals surface area contributed by atoms with Crippen LogP contribution in [0.2, 0.25) is 0 Å². The van der Waals surface area contributed by atoms with Gasteiger partial charge >= 0.3 is 0 Å². The summed E-state index contributed by atoms with van der Waals surface area (Å²) in [6, 6.07) is 1.26. The van der Waals surface area contributed by atoms with Crippen molar-refractivity contribution in [3.05, 3.63) is 36.2 Å². The van der Waals surface area contributed by atoms with E-state index in [1.54, 1.807) is 12.0 Å². The molecule has 2 fully saturated rings. The summed E-state index contributed by atoms with van der Waals surface area (Å²) < 4.78 is 33.9. The van der Waals surface area contributed by atoms with Gasteiger partial charge in [-0.2, -0.15) is 0 Å². The molecule has 0 aromatic carbocycles. The van der Waals surface area contributed by atoms with E-state index in [9.17, 15) is 8.78 Å². The van der Waals surface area contributed by atoms with Crippen molar-refractivity contribution >= 4 is 0 Å². The lowest BCUT2D eigenvalue weighted by Crippen LogP contribution is -3.18. The first kappa shape index (κ1) is 18.3. The van der Waals surface area contributed by atoms with E-state index in [1.807, 2.05) is 0 Å². The van der Waals surface area contributed by atoms with Crippen LogP contribution in [0.25, 0.3) is 0 Å². The SMILES string of the molecule is COCC1C=CC([NH+]2CCC3NC(C4C(F)=CC=CC4F)CC32)C(C)C1. The Hall–Kier alpha value is -1.04. The first-order chi connectivity index (χ1) is 12.6. The van der Waals surface area contributed by atoms with Gasteiger partial charge in [0.2, 0.25) is 0 Å². The number of allylic oxidation sites excluding steroid dienone is 3. The van der Waals surface area contributed by atoms with Crippen LogP contribution in [0.5, 0.6) is 0 Å². The largest absolute Gasteiger partial charge is 0.384 e. The summed E-state index contributed by atoms with van der Waals surface area (Å²) in [6.07, 6.45) is 11.0. The molecule has 0 aromatic heterocycles. The fraction of sp³-hybridized carbons (Fsp3) is 0.714. The minimum absolute atomic E-state index is 0.0967. The van der Waals surface area contributed by atoms with E-state index in [1.165, 1.54) is 18.2 Å². The van der Waals surface area contributed by atoms with Gasteiger partial charge in [-0.25, -0.2) is 8.78 Å². The molecule has 0 amide bonds. The minimum atomic E-state index is -1.22. The topological polar surface area (TPSA) is 25.7 Å². The van der Waals surface area contributed by atoms with E-state index in [0.717, 1.165) is 32.4 Å². The van der Waals surface area contributed by atoms with Gasteiger partial charge in [-0.1, -0.05) is 19.1 Å². The molecule has 0 bridgehead atoms. The van der Waals surface area contributed by atoms with Gasteiger partial charge < -0.3 is 15.0 Å². The van der Waals surface area contributed by atoms with Gasteiger partial charge in [0.15, 0.2) is 0 Å². The van der Waals surface area contributed by atoms with Gasteiger partial charge in [0.05, 0.1) is 25.1 Å². The Morgan fingerprint density at radius 2 is 2.08 bits per heavy atom. The standard InChI is InChI=1S/C21H30F2N2O/c1-13-10-14(12-26-2)6-7-19(13)25-9-8-17-20(25)11-18(24-17)21-15(22)4-3-5-16(21)23/h3-7,13-15,17-21,24H,8-12H2,1-2H3/p+1. The van der Waals surface area contributed by atoms with Gasteiger partial charge in [0, 0.05) is 37.8 Å². The number of nitrogens with one attached hydrogen (secondary N) is 2. The molecule has 2 N–H and O–H groups in total. The molecule has 4 aliphatic rings. The molecule has 2 aliphatic carbocycles. The molecule has 2 heterocycles. The van der Waals surface area contributed by atoms with Crippen LogP contribution in [0.3, 0.4) is 0 Å². The number of ether oxygens (including phenoxy) is 1. The van der Waals surface area contributed by atoms with Crippen LogP contribution in [0.15, 0.2) is 36.2 Å². The summed E-state index contributed by atoms with van der Waals surface area (Å²) in [5.74, 6) is 0.153. The first-order valence-electron chi connectivity index (χ1n) is 10.0.